The van der Waals surface area contributed by atoms with Gasteiger partial charge in [-0.25, -0.2) is 0 Å². The van der Waals surface area contributed by atoms with E-state index in [1.54, 1.807) is 7.11 Å². The minimum atomic E-state index is -3.10. The first kappa shape index (κ1) is 24.0. The quantitative estimate of drug-likeness (QED) is 0.312. The third kappa shape index (κ3) is 5.84. The van der Waals surface area contributed by atoms with Crippen molar-refractivity contribution in [2.24, 2.45) is 5.73 Å². The lowest BCUT2D eigenvalue weighted by Crippen LogP contribution is -2.38. The standard InChI is InChI=1S/C29H31N2O2P/c1-33-26-19-17-24(18-20-26)29(30)22-25(21-23-11-5-2-6-12-23)31-34(32,27-13-7-3-8-14-27)28-15-9-4-10-16-28/h2-20,25,29H,21-22,30H2,1H3,(H,31,32)/t25-,29+/m0/s1. The van der Waals surface area contributed by atoms with Crippen molar-refractivity contribution < 1.29 is 9.30 Å². The van der Waals surface area contributed by atoms with Crippen molar-refractivity contribution in [3.05, 3.63) is 126 Å². The largest absolute Gasteiger partial charge is 0.497 e. The molecule has 0 aliphatic carbocycles. The van der Waals surface area contributed by atoms with E-state index in [2.05, 4.69) is 17.2 Å². The highest BCUT2D eigenvalue weighted by Crippen LogP contribution is 2.40. The Hall–Kier alpha value is -3.17. The zero-order valence-corrected chi connectivity index (χ0v) is 20.3. The number of benzene rings is 4. The maximum absolute atomic E-state index is 14.7. The molecule has 2 atom stereocenters. The number of rotatable bonds is 10. The zero-order valence-electron chi connectivity index (χ0n) is 19.4. The Labute approximate surface area is 202 Å². The maximum atomic E-state index is 14.7. The lowest BCUT2D eigenvalue weighted by atomic mass is 9.96. The summed E-state index contributed by atoms with van der Waals surface area (Å²) < 4.78 is 19.9. The van der Waals surface area contributed by atoms with Crippen molar-refractivity contribution in [3.63, 3.8) is 0 Å². The van der Waals surface area contributed by atoms with Crippen molar-refractivity contribution in [3.8, 4) is 5.75 Å². The van der Waals surface area contributed by atoms with Crippen molar-refractivity contribution in [1.82, 2.24) is 5.09 Å². The number of hydrogen-bond acceptors (Lipinski definition) is 3. The van der Waals surface area contributed by atoms with Crippen LogP contribution in [0.1, 0.15) is 23.6 Å². The molecule has 3 N–H and O–H groups in total. The van der Waals surface area contributed by atoms with Crippen molar-refractivity contribution in [2.75, 3.05) is 7.11 Å². The smallest absolute Gasteiger partial charge is 0.204 e. The second-order valence-corrected chi connectivity index (χ2v) is 10.9. The van der Waals surface area contributed by atoms with E-state index in [1.807, 2.05) is 103 Å². The SMILES string of the molecule is COc1ccc([C@H](N)C[C@H](Cc2ccccc2)NP(=O)(c2ccccc2)c2ccccc2)cc1. The molecule has 0 saturated heterocycles. The molecule has 4 rings (SSSR count). The molecule has 0 heterocycles. The average molecular weight is 471 g/mol. The van der Waals surface area contributed by atoms with Crippen LogP contribution in [0, 0.1) is 0 Å². The van der Waals surface area contributed by atoms with Crippen LogP contribution in [0.3, 0.4) is 0 Å². The van der Waals surface area contributed by atoms with Gasteiger partial charge < -0.3 is 10.5 Å². The molecule has 0 unspecified atom stereocenters. The molecule has 0 saturated carbocycles. The fourth-order valence-electron chi connectivity index (χ4n) is 4.21. The van der Waals surface area contributed by atoms with Crippen LogP contribution in [0.25, 0.3) is 0 Å². The van der Waals surface area contributed by atoms with Gasteiger partial charge >= 0.3 is 0 Å². The van der Waals surface area contributed by atoms with Gasteiger partial charge in [-0.2, -0.15) is 0 Å². The fraction of sp³-hybridized carbons (Fsp3) is 0.172. The molecule has 4 aromatic rings. The molecule has 0 amide bonds. The number of nitrogens with one attached hydrogen (secondary N) is 1. The molecule has 34 heavy (non-hydrogen) atoms. The molecule has 4 nitrogen and oxygen atoms in total. The molecule has 0 aliphatic rings. The van der Waals surface area contributed by atoms with Gasteiger partial charge in [-0.1, -0.05) is 78.9 Å². The third-order valence-corrected chi connectivity index (χ3v) is 8.79. The van der Waals surface area contributed by atoms with E-state index >= 15 is 0 Å². The lowest BCUT2D eigenvalue weighted by molar-refractivity contribution is 0.414. The maximum Gasteiger partial charge on any atom is 0.204 e. The Morgan fingerprint density at radius 1 is 0.765 bits per heavy atom. The van der Waals surface area contributed by atoms with Crippen molar-refractivity contribution >= 4 is 17.9 Å². The molecular weight excluding hydrogens is 439 g/mol. The minimum absolute atomic E-state index is 0.106. The topological polar surface area (TPSA) is 64.3 Å². The molecule has 4 aromatic carbocycles. The minimum Gasteiger partial charge on any atom is -0.497 e. The van der Waals surface area contributed by atoms with Gasteiger partial charge in [-0.05, 0) is 60.4 Å². The predicted octanol–water partition coefficient (Wildman–Crippen LogP) is 5.22. The van der Waals surface area contributed by atoms with Crippen LogP contribution in [-0.4, -0.2) is 13.2 Å². The summed E-state index contributed by atoms with van der Waals surface area (Å²) in [5, 5.41) is 5.16. The Morgan fingerprint density at radius 3 is 1.76 bits per heavy atom. The van der Waals surface area contributed by atoms with Gasteiger partial charge in [0.2, 0.25) is 7.29 Å². The first-order chi connectivity index (χ1) is 16.6. The predicted molar refractivity (Wildman–Crippen MR) is 141 cm³/mol. The zero-order chi connectivity index (χ0) is 23.8. The van der Waals surface area contributed by atoms with Crippen LogP contribution in [0.4, 0.5) is 0 Å². The van der Waals surface area contributed by atoms with E-state index < -0.39 is 7.29 Å². The monoisotopic (exact) mass is 470 g/mol. The lowest BCUT2D eigenvalue weighted by Gasteiger charge is -2.29. The van der Waals surface area contributed by atoms with E-state index in [1.165, 1.54) is 5.56 Å². The van der Waals surface area contributed by atoms with Crippen LogP contribution >= 0.6 is 7.29 Å². The third-order valence-electron chi connectivity index (χ3n) is 6.01. The van der Waals surface area contributed by atoms with Crippen LogP contribution in [-0.2, 0) is 11.0 Å². The van der Waals surface area contributed by atoms with Gasteiger partial charge in [0.15, 0.2) is 0 Å². The van der Waals surface area contributed by atoms with Crippen LogP contribution < -0.4 is 26.2 Å². The van der Waals surface area contributed by atoms with E-state index in [0.717, 1.165) is 21.9 Å². The van der Waals surface area contributed by atoms with Crippen molar-refractivity contribution in [2.45, 2.75) is 24.9 Å². The summed E-state index contributed by atoms with van der Waals surface area (Å²) in [5.41, 5.74) is 8.87. The van der Waals surface area contributed by atoms with Gasteiger partial charge in [0.25, 0.3) is 0 Å². The molecule has 0 aromatic heterocycles. The highest BCUT2D eigenvalue weighted by Gasteiger charge is 2.31. The summed E-state index contributed by atoms with van der Waals surface area (Å²) in [6.45, 7) is 0. The summed E-state index contributed by atoms with van der Waals surface area (Å²) in [6, 6.07) is 37.1. The molecule has 174 valence electrons. The normalized spacial score (nSPS) is 13.2. The highest BCUT2D eigenvalue weighted by atomic mass is 31.2. The summed E-state index contributed by atoms with van der Waals surface area (Å²) in [4.78, 5) is 0. The van der Waals surface area contributed by atoms with Crippen molar-refractivity contribution in [1.29, 1.82) is 0 Å². The van der Waals surface area contributed by atoms with Gasteiger partial charge in [0.05, 0.1) is 7.11 Å². The first-order valence-corrected chi connectivity index (χ1v) is 13.2. The molecule has 0 radical (unpaired) electrons. The van der Waals surface area contributed by atoms with E-state index in [9.17, 15) is 4.57 Å². The number of nitrogens with two attached hydrogens (primary N) is 1. The van der Waals surface area contributed by atoms with E-state index in [4.69, 9.17) is 10.5 Å². The molecule has 0 bridgehead atoms. The average Bonchev–Trinajstić information content (AvgIpc) is 2.90. The summed E-state index contributed by atoms with van der Waals surface area (Å²) in [6.07, 6.45) is 1.35. The van der Waals surface area contributed by atoms with Gasteiger partial charge in [-0.15, -0.1) is 0 Å². The van der Waals surface area contributed by atoms with Gasteiger partial charge in [0, 0.05) is 22.7 Å². The van der Waals surface area contributed by atoms with Crippen LogP contribution in [0.15, 0.2) is 115 Å². The second kappa shape index (κ2) is 11.3. The Kier molecular flexibility index (Phi) is 7.97. The Morgan fingerprint density at radius 2 is 1.26 bits per heavy atom. The Balaban J connectivity index is 1.67. The summed E-state index contributed by atoms with van der Waals surface area (Å²) in [5.74, 6) is 0.799. The highest BCUT2D eigenvalue weighted by molar-refractivity contribution is 7.76. The number of ether oxygens (including phenoxy) is 1. The molecule has 0 aliphatic heterocycles. The molecule has 0 spiro atoms. The van der Waals surface area contributed by atoms with Gasteiger partial charge in [0.1, 0.15) is 5.75 Å². The molecule has 5 heteroatoms. The molecule has 0 fully saturated rings. The number of methoxy groups -OCH3 is 1. The number of hydrogen-bond donors (Lipinski definition) is 2. The van der Waals surface area contributed by atoms with Crippen LogP contribution in [0.2, 0.25) is 0 Å². The molecular formula is C29H31N2O2P. The Bertz CT molecular complexity index is 1160. The first-order valence-electron chi connectivity index (χ1n) is 11.5. The van der Waals surface area contributed by atoms with Gasteiger partial charge in [-0.3, -0.25) is 9.65 Å². The summed E-state index contributed by atoms with van der Waals surface area (Å²) >= 11 is 0. The second-order valence-electron chi connectivity index (χ2n) is 8.41. The van der Waals surface area contributed by atoms with E-state index in [0.29, 0.717) is 12.8 Å². The van der Waals surface area contributed by atoms with Crippen LogP contribution in [0.5, 0.6) is 5.75 Å². The van der Waals surface area contributed by atoms with E-state index in [-0.39, 0.29) is 12.1 Å². The fourth-order valence-corrected chi connectivity index (χ4v) is 6.70. The summed E-state index contributed by atoms with van der Waals surface area (Å²) in [7, 11) is -1.45.